The standard InChI is InChI=1S/C79H147O24P/c1-4-7-10-13-16-19-22-25-28-30-33-36-38-41-44-47-50-53-63(81)95-57-60(98-65(83)55-52-49-46-43-40-37-34-31-29-26-23-20-17-14-11-8-5-2)58-97-104(93,94)103-77-75(101-78-73(91)68(86)66(84)61(56-80)99-78)71(89)70(88)72(90)76(77)102-79-74(92)69(87)67(85)62(100-79)59-96-64(82)54-51-48-45-42-39-35-32-27-24-21-18-15-12-9-6-3/h21,24,60-62,66-80,84-92H,4-20,22-23,25-59H2,1-3H3,(H,93,94)/b24-21-. The van der Waals surface area contributed by atoms with E-state index in [-0.39, 0.29) is 19.3 Å². The molecule has 0 aromatic heterocycles. The number of unbranched alkanes of at least 4 members (excludes halogenated alkanes) is 43. The van der Waals surface area contributed by atoms with E-state index >= 15 is 0 Å². The van der Waals surface area contributed by atoms with Crippen LogP contribution in [0.15, 0.2) is 12.2 Å². The number of aliphatic hydroxyl groups excluding tert-OH is 10. The molecule has 612 valence electrons. The summed E-state index contributed by atoms with van der Waals surface area (Å²) in [6.07, 6.45) is 22.3. The number of aliphatic hydroxyl groups is 10. The van der Waals surface area contributed by atoms with E-state index in [1.807, 2.05) is 0 Å². The van der Waals surface area contributed by atoms with Gasteiger partial charge in [0.1, 0.15) is 98.7 Å². The predicted molar refractivity (Wildman–Crippen MR) is 398 cm³/mol. The second-order valence-corrected chi connectivity index (χ2v) is 31.3. The van der Waals surface area contributed by atoms with Crippen molar-refractivity contribution in [3.8, 4) is 0 Å². The van der Waals surface area contributed by atoms with E-state index in [0.29, 0.717) is 19.3 Å². The summed E-state index contributed by atoms with van der Waals surface area (Å²) in [5, 5.41) is 110. The molecule has 18 atom stereocenters. The Morgan fingerprint density at radius 1 is 0.365 bits per heavy atom. The minimum atomic E-state index is -5.70. The molecule has 0 spiro atoms. The summed E-state index contributed by atoms with van der Waals surface area (Å²) in [6, 6.07) is 0. The lowest BCUT2D eigenvalue weighted by atomic mass is 9.84. The monoisotopic (exact) mass is 1510 g/mol. The van der Waals surface area contributed by atoms with E-state index in [9.17, 15) is 74.9 Å². The molecule has 0 aromatic rings. The number of phosphoric acid groups is 1. The van der Waals surface area contributed by atoms with Gasteiger partial charge in [-0.1, -0.05) is 290 Å². The Hall–Kier alpha value is -2.30. The fourth-order valence-electron chi connectivity index (χ4n) is 13.8. The van der Waals surface area contributed by atoms with Crippen molar-refractivity contribution in [1.29, 1.82) is 0 Å². The Balaban J connectivity index is 1.69. The fourth-order valence-corrected chi connectivity index (χ4v) is 14.8. The lowest BCUT2D eigenvalue weighted by molar-refractivity contribution is -0.360. The topological polar surface area (TPSA) is 374 Å². The van der Waals surface area contributed by atoms with Crippen molar-refractivity contribution in [3.05, 3.63) is 12.2 Å². The second kappa shape index (κ2) is 60.4. The van der Waals surface area contributed by atoms with E-state index < -0.39 is 156 Å². The summed E-state index contributed by atoms with van der Waals surface area (Å²) in [6.45, 7) is 3.50. The largest absolute Gasteiger partial charge is 0.472 e. The van der Waals surface area contributed by atoms with Crippen LogP contribution in [0.3, 0.4) is 0 Å². The number of carbonyl (C=O) groups is 3. The molecule has 0 bridgehead atoms. The first-order valence-electron chi connectivity index (χ1n) is 41.5. The van der Waals surface area contributed by atoms with Crippen molar-refractivity contribution in [2.24, 2.45) is 0 Å². The lowest BCUT2D eigenvalue weighted by Crippen LogP contribution is -2.69. The van der Waals surface area contributed by atoms with E-state index in [2.05, 4.69) is 32.9 Å². The molecule has 2 aliphatic heterocycles. The van der Waals surface area contributed by atoms with Crippen molar-refractivity contribution in [2.75, 3.05) is 26.4 Å². The van der Waals surface area contributed by atoms with E-state index in [1.165, 1.54) is 173 Å². The minimum Gasteiger partial charge on any atom is -0.463 e. The number of phosphoric ester groups is 1. The average molecular weight is 1510 g/mol. The van der Waals surface area contributed by atoms with Gasteiger partial charge in [-0.3, -0.25) is 23.4 Å². The Labute approximate surface area is 624 Å². The highest BCUT2D eigenvalue weighted by atomic mass is 31.2. The van der Waals surface area contributed by atoms with Gasteiger partial charge >= 0.3 is 25.7 Å². The van der Waals surface area contributed by atoms with Gasteiger partial charge in [0.05, 0.1) is 13.2 Å². The van der Waals surface area contributed by atoms with Crippen molar-refractivity contribution in [3.63, 3.8) is 0 Å². The first-order chi connectivity index (χ1) is 50.3. The average Bonchev–Trinajstić information content (AvgIpc) is 0.761. The van der Waals surface area contributed by atoms with Crippen LogP contribution >= 0.6 is 7.82 Å². The van der Waals surface area contributed by atoms with Gasteiger partial charge in [-0.2, -0.15) is 0 Å². The first-order valence-corrected chi connectivity index (χ1v) is 43.0. The van der Waals surface area contributed by atoms with Gasteiger partial charge in [0.2, 0.25) is 0 Å². The molecule has 2 heterocycles. The van der Waals surface area contributed by atoms with Gasteiger partial charge in [-0.15, -0.1) is 0 Å². The maximum atomic E-state index is 14.4. The molecule has 25 heteroatoms. The zero-order chi connectivity index (χ0) is 76.0. The Morgan fingerprint density at radius 3 is 1.05 bits per heavy atom. The molecule has 18 unspecified atom stereocenters. The molecule has 1 aliphatic carbocycles. The quantitative estimate of drug-likeness (QED) is 0.00886. The van der Waals surface area contributed by atoms with Gasteiger partial charge in [0, 0.05) is 19.3 Å². The molecule has 1 saturated carbocycles. The van der Waals surface area contributed by atoms with Crippen molar-refractivity contribution in [1.82, 2.24) is 0 Å². The van der Waals surface area contributed by atoms with Crippen LogP contribution in [-0.2, 0) is 61.2 Å². The molecular weight excluding hydrogens is 1360 g/mol. The first kappa shape index (κ1) is 95.9. The number of carbonyl (C=O) groups excluding carboxylic acids is 3. The Kier molecular flexibility index (Phi) is 55.7. The second-order valence-electron chi connectivity index (χ2n) is 29.8. The summed E-state index contributed by atoms with van der Waals surface area (Å²) in [5.74, 6) is -1.97. The highest BCUT2D eigenvalue weighted by Crippen LogP contribution is 2.49. The number of hydrogen-bond acceptors (Lipinski definition) is 23. The van der Waals surface area contributed by atoms with Gasteiger partial charge in [0.25, 0.3) is 0 Å². The number of allylic oxidation sites excluding steroid dienone is 2. The third-order valence-electron chi connectivity index (χ3n) is 20.5. The maximum absolute atomic E-state index is 14.4. The zero-order valence-electron chi connectivity index (χ0n) is 64.3. The van der Waals surface area contributed by atoms with Gasteiger partial charge in [-0.25, -0.2) is 4.57 Å². The molecule has 3 fully saturated rings. The summed E-state index contributed by atoms with van der Waals surface area (Å²) in [5.41, 5.74) is 0. The Bertz CT molecular complexity index is 2180. The summed E-state index contributed by atoms with van der Waals surface area (Å²) >= 11 is 0. The third-order valence-corrected chi connectivity index (χ3v) is 21.5. The minimum absolute atomic E-state index is 0.0250. The number of ether oxygens (including phenoxy) is 7. The molecule has 24 nitrogen and oxygen atoms in total. The summed E-state index contributed by atoms with van der Waals surface area (Å²) < 4.78 is 65.3. The van der Waals surface area contributed by atoms with Crippen molar-refractivity contribution < 1.29 is 117 Å². The smallest absolute Gasteiger partial charge is 0.463 e. The molecule has 104 heavy (non-hydrogen) atoms. The van der Waals surface area contributed by atoms with E-state index in [1.54, 1.807) is 0 Å². The SMILES string of the molecule is CCCCCC/C=C\CCCCCCCCCC(=O)OCC1OC(OC2C(O)C(O)C(O)C(OC3OC(CO)C(O)C(O)C3O)C2OP(=O)(O)OCC(COC(=O)CCCCCCCCCCCCCCCCCCC)OC(=O)CCCCCCCCCCCCCCCCCCC)C(O)C(O)C1O. The van der Waals surface area contributed by atoms with Gasteiger partial charge in [-0.05, 0) is 44.9 Å². The van der Waals surface area contributed by atoms with Crippen LogP contribution in [0, 0.1) is 0 Å². The fraction of sp³-hybridized carbons (Fsp3) is 0.937. The van der Waals surface area contributed by atoms with E-state index in [0.717, 1.165) is 109 Å². The van der Waals surface area contributed by atoms with Crippen LogP contribution in [0.1, 0.15) is 342 Å². The van der Waals surface area contributed by atoms with Crippen molar-refractivity contribution in [2.45, 2.75) is 446 Å². The molecule has 3 rings (SSSR count). The van der Waals surface area contributed by atoms with Crippen LogP contribution in [0.4, 0.5) is 0 Å². The zero-order valence-corrected chi connectivity index (χ0v) is 65.2. The third kappa shape index (κ3) is 42.2. The van der Waals surface area contributed by atoms with Crippen LogP contribution in [0.2, 0.25) is 0 Å². The number of rotatable bonds is 66. The molecule has 0 aromatic carbocycles. The van der Waals surface area contributed by atoms with E-state index in [4.69, 9.17) is 42.2 Å². The van der Waals surface area contributed by atoms with Crippen LogP contribution in [-0.4, -0.2) is 204 Å². The highest BCUT2D eigenvalue weighted by Gasteiger charge is 2.58. The Morgan fingerprint density at radius 2 is 0.673 bits per heavy atom. The molecule has 11 N–H and O–H groups in total. The molecular formula is C79H147O24P. The number of esters is 3. The summed E-state index contributed by atoms with van der Waals surface area (Å²) in [4.78, 5) is 51.2. The van der Waals surface area contributed by atoms with Crippen LogP contribution in [0.25, 0.3) is 0 Å². The maximum Gasteiger partial charge on any atom is 0.472 e. The molecule has 0 amide bonds. The molecule has 0 radical (unpaired) electrons. The highest BCUT2D eigenvalue weighted by molar-refractivity contribution is 7.47. The van der Waals surface area contributed by atoms with Crippen molar-refractivity contribution >= 4 is 25.7 Å². The van der Waals surface area contributed by atoms with Crippen LogP contribution < -0.4 is 0 Å². The predicted octanol–water partition coefficient (Wildman–Crippen LogP) is 13.1. The normalized spacial score (nSPS) is 26.8. The lowest BCUT2D eigenvalue weighted by Gasteiger charge is -2.49. The number of hydrogen-bond donors (Lipinski definition) is 11. The molecule has 2 saturated heterocycles. The molecule has 3 aliphatic rings. The van der Waals surface area contributed by atoms with Crippen LogP contribution in [0.5, 0.6) is 0 Å². The summed E-state index contributed by atoms with van der Waals surface area (Å²) in [7, 11) is -5.70. The van der Waals surface area contributed by atoms with Gasteiger partial charge < -0.3 is 89.1 Å². The van der Waals surface area contributed by atoms with Gasteiger partial charge in [0.15, 0.2) is 18.7 Å².